The van der Waals surface area contributed by atoms with E-state index in [1.54, 1.807) is 13.0 Å². The molecule has 47 heavy (non-hydrogen) atoms. The molecule has 3 heterocycles. The molecule has 2 aliphatic rings. The molecule has 0 radical (unpaired) electrons. The summed E-state index contributed by atoms with van der Waals surface area (Å²) in [7, 11) is 1.86. The van der Waals surface area contributed by atoms with Crippen LogP contribution in [0.5, 0.6) is 11.5 Å². The van der Waals surface area contributed by atoms with Crippen molar-refractivity contribution in [1.29, 1.82) is 0 Å². The third kappa shape index (κ3) is 9.50. The fourth-order valence-corrected chi connectivity index (χ4v) is 6.06. The summed E-state index contributed by atoms with van der Waals surface area (Å²) in [5.74, 6) is 1.30. The van der Waals surface area contributed by atoms with Crippen molar-refractivity contribution in [2.75, 3.05) is 71.4 Å². The average molecular weight is 670 g/mol. The van der Waals surface area contributed by atoms with Crippen LogP contribution in [0.4, 0.5) is 15.9 Å². The van der Waals surface area contributed by atoms with Gasteiger partial charge in [-0.15, -0.1) is 0 Å². The summed E-state index contributed by atoms with van der Waals surface area (Å²) >= 11 is 6.21. The second-order valence-electron chi connectivity index (χ2n) is 12.3. The van der Waals surface area contributed by atoms with Crippen molar-refractivity contribution >= 4 is 45.7 Å². The topological polar surface area (TPSA) is 112 Å². The minimum absolute atomic E-state index is 0.00674. The molecule has 5 rings (SSSR count). The first-order valence-corrected chi connectivity index (χ1v) is 16.8. The number of hydrogen-bond acceptors (Lipinski definition) is 10. The highest BCUT2D eigenvalue weighted by molar-refractivity contribution is 6.31. The van der Waals surface area contributed by atoms with Crippen molar-refractivity contribution in [1.82, 2.24) is 30.0 Å². The SMILES string of the molecule is CC(=O)NCCN1CCN(CCCOc2cc3ncnc4c3cc2OCCCCC(=O)[C@H](C)N(C)Cc2cc(F)c(Cl)cc2N4)CC1. The van der Waals surface area contributed by atoms with Crippen LogP contribution in [0.25, 0.3) is 10.9 Å². The lowest BCUT2D eigenvalue weighted by molar-refractivity contribution is -0.123. The molecule has 1 fully saturated rings. The highest BCUT2D eigenvalue weighted by Gasteiger charge is 2.22. The van der Waals surface area contributed by atoms with Crippen LogP contribution >= 0.6 is 11.6 Å². The molecule has 0 aliphatic carbocycles. The van der Waals surface area contributed by atoms with Crippen LogP contribution in [0.3, 0.4) is 0 Å². The van der Waals surface area contributed by atoms with Crippen molar-refractivity contribution in [3.05, 3.63) is 47.0 Å². The van der Waals surface area contributed by atoms with Crippen LogP contribution in [0.15, 0.2) is 30.6 Å². The van der Waals surface area contributed by atoms with Gasteiger partial charge in [-0.2, -0.15) is 0 Å². The zero-order chi connectivity index (χ0) is 33.3. The maximum absolute atomic E-state index is 14.6. The molecule has 1 saturated heterocycles. The van der Waals surface area contributed by atoms with E-state index in [-0.39, 0.29) is 22.8 Å². The fourth-order valence-electron chi connectivity index (χ4n) is 5.89. The number of amides is 1. The first-order valence-electron chi connectivity index (χ1n) is 16.4. The molecule has 254 valence electrons. The van der Waals surface area contributed by atoms with Crippen molar-refractivity contribution in [2.45, 2.75) is 52.1 Å². The molecule has 0 spiro atoms. The van der Waals surface area contributed by atoms with Crippen molar-refractivity contribution in [2.24, 2.45) is 0 Å². The smallest absolute Gasteiger partial charge is 0.216 e. The normalized spacial score (nSPS) is 18.8. The van der Waals surface area contributed by atoms with Gasteiger partial charge in [0, 0.05) is 82.8 Å². The van der Waals surface area contributed by atoms with Crippen LogP contribution in [0, 0.1) is 5.82 Å². The van der Waals surface area contributed by atoms with Gasteiger partial charge in [0.05, 0.1) is 29.8 Å². The van der Waals surface area contributed by atoms with E-state index in [0.29, 0.717) is 79.7 Å². The Balaban J connectivity index is 1.30. The molecule has 1 atom stereocenters. The largest absolute Gasteiger partial charge is 0.490 e. The van der Waals surface area contributed by atoms with Crippen LogP contribution in [0.1, 0.15) is 45.1 Å². The van der Waals surface area contributed by atoms with Crippen LogP contribution in [-0.2, 0) is 16.1 Å². The van der Waals surface area contributed by atoms with Crippen molar-refractivity contribution in [3.63, 3.8) is 0 Å². The van der Waals surface area contributed by atoms with Gasteiger partial charge in [0.1, 0.15) is 23.7 Å². The molecular formula is C34H45ClFN7O4. The molecule has 2 aromatic carbocycles. The number of aromatic nitrogens is 2. The summed E-state index contributed by atoms with van der Waals surface area (Å²) in [6, 6.07) is 6.35. The Kier molecular flexibility index (Phi) is 12.2. The molecule has 3 aromatic rings. The van der Waals surface area contributed by atoms with E-state index in [1.807, 2.05) is 31.0 Å². The quantitative estimate of drug-likeness (QED) is 0.329. The number of hydrogen-bond donors (Lipinski definition) is 2. The fraction of sp³-hybridized carbons (Fsp3) is 0.529. The monoisotopic (exact) mass is 669 g/mol. The van der Waals surface area contributed by atoms with Gasteiger partial charge in [-0.05, 0) is 57.0 Å². The third-order valence-electron chi connectivity index (χ3n) is 8.87. The molecule has 11 nitrogen and oxygen atoms in total. The first-order chi connectivity index (χ1) is 22.7. The highest BCUT2D eigenvalue weighted by atomic mass is 35.5. The molecule has 1 aromatic heterocycles. The number of benzene rings is 2. The number of ether oxygens (including phenoxy) is 2. The second-order valence-corrected chi connectivity index (χ2v) is 12.7. The van der Waals surface area contributed by atoms with Crippen molar-refractivity contribution in [3.8, 4) is 11.5 Å². The number of carbonyl (C=O) groups excluding carboxylic acids is 2. The van der Waals surface area contributed by atoms with E-state index >= 15 is 0 Å². The van der Waals surface area contributed by atoms with E-state index in [1.165, 1.54) is 12.4 Å². The Morgan fingerprint density at radius 1 is 1.13 bits per heavy atom. The maximum Gasteiger partial charge on any atom is 0.216 e. The predicted octanol–water partition coefficient (Wildman–Crippen LogP) is 4.64. The summed E-state index contributed by atoms with van der Waals surface area (Å²) in [4.78, 5) is 39.8. The second kappa shape index (κ2) is 16.5. The predicted molar refractivity (Wildman–Crippen MR) is 181 cm³/mol. The van der Waals surface area contributed by atoms with Gasteiger partial charge >= 0.3 is 0 Å². The molecule has 0 saturated carbocycles. The zero-order valence-electron chi connectivity index (χ0n) is 27.5. The summed E-state index contributed by atoms with van der Waals surface area (Å²) in [6.45, 7) is 11.1. The lowest BCUT2D eigenvalue weighted by atomic mass is 10.1. The van der Waals surface area contributed by atoms with Gasteiger partial charge in [-0.1, -0.05) is 11.6 Å². The standard InChI is InChI=1S/C34H45ClFN7O4/c1-23-31(45)7-4-5-15-46-32-18-26-30(38-22-39-34(26)40-29-19-27(35)28(36)17-25(29)21-41(23)3)20-33(32)47-16-6-9-42-11-13-43(14-12-42)10-8-37-24(2)44/h17-20,22-23H,4-16,21H2,1-3H3,(H,37,44)(H,38,39,40)/t23-/m0/s1. The molecule has 2 N–H and O–H groups in total. The Morgan fingerprint density at radius 2 is 1.89 bits per heavy atom. The number of nitrogens with one attached hydrogen (secondary N) is 2. The van der Waals surface area contributed by atoms with E-state index < -0.39 is 5.82 Å². The lowest BCUT2D eigenvalue weighted by Gasteiger charge is -2.34. The number of nitrogens with zero attached hydrogens (tertiary/aromatic N) is 5. The Labute approximate surface area is 280 Å². The minimum atomic E-state index is -0.528. The number of fused-ring (bicyclic) bond motifs is 2. The van der Waals surface area contributed by atoms with Gasteiger partial charge in [0.15, 0.2) is 11.5 Å². The number of Topliss-reactive ketones (excluding diaryl/α,β-unsaturated/α-hetero) is 1. The molecular weight excluding hydrogens is 625 g/mol. The molecule has 2 bridgehead atoms. The summed E-state index contributed by atoms with van der Waals surface area (Å²) in [5, 5.41) is 6.92. The van der Waals surface area contributed by atoms with Crippen molar-refractivity contribution < 1.29 is 23.5 Å². The summed E-state index contributed by atoms with van der Waals surface area (Å²) in [6.07, 6.45) is 4.15. The van der Waals surface area contributed by atoms with Gasteiger partial charge in [0.2, 0.25) is 5.91 Å². The van der Waals surface area contributed by atoms with E-state index in [9.17, 15) is 14.0 Å². The van der Waals surface area contributed by atoms with Gasteiger partial charge in [0.25, 0.3) is 0 Å². The van der Waals surface area contributed by atoms with E-state index in [2.05, 4.69) is 30.4 Å². The van der Waals surface area contributed by atoms with E-state index in [0.717, 1.165) is 51.1 Å². The number of piperazine rings is 1. The molecule has 0 unspecified atom stereocenters. The summed E-state index contributed by atoms with van der Waals surface area (Å²) in [5.41, 5.74) is 1.91. The number of rotatable bonds is 8. The zero-order valence-corrected chi connectivity index (χ0v) is 28.2. The Morgan fingerprint density at radius 3 is 2.66 bits per heavy atom. The number of anilines is 2. The molecule has 13 heteroatoms. The van der Waals surface area contributed by atoms with Crippen LogP contribution in [-0.4, -0.2) is 108 Å². The van der Waals surface area contributed by atoms with E-state index in [4.69, 9.17) is 21.1 Å². The number of carbonyl (C=O) groups is 2. The maximum atomic E-state index is 14.6. The van der Waals surface area contributed by atoms with Gasteiger partial charge in [-0.25, -0.2) is 14.4 Å². The number of halogens is 2. The van der Waals surface area contributed by atoms with Crippen LogP contribution < -0.4 is 20.1 Å². The average Bonchev–Trinajstić information content (AvgIpc) is 3.05. The lowest BCUT2D eigenvalue weighted by Crippen LogP contribution is -2.48. The molecule has 1 amide bonds. The third-order valence-corrected chi connectivity index (χ3v) is 9.15. The van der Waals surface area contributed by atoms with Gasteiger partial charge < -0.3 is 25.0 Å². The highest BCUT2D eigenvalue weighted by Crippen LogP contribution is 2.36. The van der Waals surface area contributed by atoms with Gasteiger partial charge in [-0.3, -0.25) is 19.4 Å². The number of ketones is 1. The Bertz CT molecular complexity index is 1550. The first kappa shape index (κ1) is 34.7. The summed E-state index contributed by atoms with van der Waals surface area (Å²) < 4.78 is 27.2. The molecule has 2 aliphatic heterocycles. The number of likely N-dealkylation sites (N-methyl/N-ethyl adjacent to an activating group) is 1. The van der Waals surface area contributed by atoms with Crippen LogP contribution in [0.2, 0.25) is 5.02 Å². The minimum Gasteiger partial charge on any atom is -0.490 e. The Hall–Kier alpha value is -3.58.